The fourth-order valence-corrected chi connectivity index (χ4v) is 6.06. The number of fused-ring (bicyclic) bond motifs is 1. The van der Waals surface area contributed by atoms with Gasteiger partial charge in [-0.1, -0.05) is 12.1 Å². The zero-order chi connectivity index (χ0) is 20.5. The molecule has 0 spiro atoms. The zero-order valence-electron chi connectivity index (χ0n) is 16.7. The third kappa shape index (κ3) is 3.99. The fourth-order valence-electron chi connectivity index (χ4n) is 4.07. The second-order valence-electron chi connectivity index (χ2n) is 7.81. The molecule has 2 saturated heterocycles. The molecule has 0 bridgehead atoms. The Kier molecular flexibility index (Phi) is 5.54. The third-order valence-corrected chi connectivity index (χ3v) is 8.08. The number of thiazole rings is 1. The number of piperazine rings is 1. The van der Waals surface area contributed by atoms with E-state index < -0.39 is 0 Å². The van der Waals surface area contributed by atoms with Crippen LogP contribution in [-0.2, 0) is 4.79 Å². The molecule has 0 unspecified atom stereocenters. The normalized spacial score (nSPS) is 17.7. The highest BCUT2D eigenvalue weighted by molar-refractivity contribution is 7.26. The SMILES string of the molecule is O=C(CN1CCN(C(=O)c2ccc(-c3nc4ccccc4s3)s2)CC1)N1CCCC1. The summed E-state index contributed by atoms with van der Waals surface area (Å²) in [4.78, 5) is 37.9. The average Bonchev–Trinajstić information content (AvgIpc) is 3.54. The molecule has 0 aliphatic carbocycles. The van der Waals surface area contributed by atoms with Gasteiger partial charge in [-0.25, -0.2) is 4.98 Å². The minimum Gasteiger partial charge on any atom is -0.342 e. The van der Waals surface area contributed by atoms with Crippen molar-refractivity contribution in [3.05, 3.63) is 41.3 Å². The van der Waals surface area contributed by atoms with Crippen molar-refractivity contribution in [2.45, 2.75) is 12.8 Å². The number of amides is 2. The number of nitrogens with zero attached hydrogens (tertiary/aromatic N) is 4. The molecule has 2 amide bonds. The lowest BCUT2D eigenvalue weighted by Gasteiger charge is -2.34. The van der Waals surface area contributed by atoms with Crippen LogP contribution < -0.4 is 0 Å². The van der Waals surface area contributed by atoms with Gasteiger partial charge >= 0.3 is 0 Å². The van der Waals surface area contributed by atoms with Crippen molar-refractivity contribution >= 4 is 44.7 Å². The number of thiophene rings is 1. The largest absolute Gasteiger partial charge is 0.342 e. The second-order valence-corrected chi connectivity index (χ2v) is 9.92. The van der Waals surface area contributed by atoms with E-state index in [-0.39, 0.29) is 11.8 Å². The van der Waals surface area contributed by atoms with Crippen LogP contribution in [0.5, 0.6) is 0 Å². The summed E-state index contributed by atoms with van der Waals surface area (Å²) in [6.07, 6.45) is 2.24. The summed E-state index contributed by atoms with van der Waals surface area (Å²) >= 11 is 3.17. The Hall–Kier alpha value is -2.29. The van der Waals surface area contributed by atoms with Crippen molar-refractivity contribution in [1.82, 2.24) is 19.7 Å². The minimum atomic E-state index is 0.0814. The lowest BCUT2D eigenvalue weighted by Crippen LogP contribution is -2.51. The van der Waals surface area contributed by atoms with Crippen LogP contribution in [0, 0.1) is 0 Å². The predicted molar refractivity (Wildman–Crippen MR) is 121 cm³/mol. The molecule has 4 heterocycles. The van der Waals surface area contributed by atoms with Crippen LogP contribution in [0.25, 0.3) is 20.1 Å². The number of benzene rings is 1. The van der Waals surface area contributed by atoms with Gasteiger partial charge in [0, 0.05) is 39.3 Å². The molecule has 2 aromatic heterocycles. The zero-order valence-corrected chi connectivity index (χ0v) is 18.4. The van der Waals surface area contributed by atoms with Crippen LogP contribution in [0.3, 0.4) is 0 Å². The Labute approximate surface area is 183 Å². The van der Waals surface area contributed by atoms with Crippen LogP contribution in [-0.4, -0.2) is 77.3 Å². The number of rotatable bonds is 4. The summed E-state index contributed by atoms with van der Waals surface area (Å²) in [5.74, 6) is 0.309. The van der Waals surface area contributed by atoms with Crippen molar-refractivity contribution in [1.29, 1.82) is 0 Å². The molecule has 8 heteroatoms. The van der Waals surface area contributed by atoms with E-state index in [9.17, 15) is 9.59 Å². The molecule has 2 fully saturated rings. The van der Waals surface area contributed by atoms with Crippen LogP contribution >= 0.6 is 22.7 Å². The number of hydrogen-bond acceptors (Lipinski definition) is 6. The van der Waals surface area contributed by atoms with Crippen molar-refractivity contribution in [2.24, 2.45) is 0 Å². The summed E-state index contributed by atoms with van der Waals surface area (Å²) in [7, 11) is 0. The van der Waals surface area contributed by atoms with E-state index in [1.807, 2.05) is 40.1 Å². The number of likely N-dealkylation sites (tertiary alicyclic amines) is 1. The van der Waals surface area contributed by atoms with Crippen LogP contribution in [0.15, 0.2) is 36.4 Å². The molecular formula is C22H24N4O2S2. The Morgan fingerprint density at radius 3 is 2.40 bits per heavy atom. The lowest BCUT2D eigenvalue weighted by atomic mass is 10.3. The van der Waals surface area contributed by atoms with Gasteiger partial charge in [-0.2, -0.15) is 0 Å². The van der Waals surface area contributed by atoms with E-state index >= 15 is 0 Å². The predicted octanol–water partition coefficient (Wildman–Crippen LogP) is 3.41. The maximum atomic E-state index is 13.0. The Morgan fingerprint density at radius 2 is 1.63 bits per heavy atom. The number of para-hydroxylation sites is 1. The molecule has 0 saturated carbocycles. The van der Waals surface area contributed by atoms with Gasteiger partial charge in [-0.15, -0.1) is 22.7 Å². The first-order valence-electron chi connectivity index (χ1n) is 10.4. The van der Waals surface area contributed by atoms with Gasteiger partial charge in [-0.05, 0) is 37.1 Å². The summed E-state index contributed by atoms with van der Waals surface area (Å²) < 4.78 is 1.16. The van der Waals surface area contributed by atoms with Gasteiger partial charge in [0.25, 0.3) is 5.91 Å². The highest BCUT2D eigenvalue weighted by Gasteiger charge is 2.26. The van der Waals surface area contributed by atoms with Crippen LogP contribution in [0.4, 0.5) is 0 Å². The Morgan fingerprint density at radius 1 is 0.867 bits per heavy atom. The van der Waals surface area contributed by atoms with E-state index in [0.717, 1.165) is 64.0 Å². The fraction of sp³-hybridized carbons (Fsp3) is 0.409. The van der Waals surface area contributed by atoms with Crippen molar-refractivity contribution in [3.8, 4) is 9.88 Å². The number of carbonyl (C=O) groups excluding carboxylic acids is 2. The number of hydrogen-bond donors (Lipinski definition) is 0. The van der Waals surface area contributed by atoms with Gasteiger partial charge in [0.15, 0.2) is 0 Å². The van der Waals surface area contributed by atoms with Gasteiger partial charge in [-0.3, -0.25) is 14.5 Å². The summed E-state index contributed by atoms with van der Waals surface area (Å²) in [5, 5.41) is 0.963. The summed E-state index contributed by atoms with van der Waals surface area (Å²) in [6.45, 7) is 5.10. The first-order valence-corrected chi connectivity index (χ1v) is 12.1. The van der Waals surface area contributed by atoms with E-state index in [0.29, 0.717) is 19.6 Å². The van der Waals surface area contributed by atoms with Gasteiger partial charge in [0.05, 0.1) is 26.5 Å². The van der Waals surface area contributed by atoms with Crippen molar-refractivity contribution < 1.29 is 9.59 Å². The average molecular weight is 441 g/mol. The molecule has 0 atom stereocenters. The molecule has 3 aromatic rings. The van der Waals surface area contributed by atoms with Gasteiger partial charge in [0.2, 0.25) is 5.91 Å². The molecule has 0 N–H and O–H groups in total. The number of carbonyl (C=O) groups is 2. The monoisotopic (exact) mass is 440 g/mol. The second kappa shape index (κ2) is 8.45. The Balaban J connectivity index is 1.19. The highest BCUT2D eigenvalue weighted by Crippen LogP contribution is 2.34. The molecule has 156 valence electrons. The molecule has 0 radical (unpaired) electrons. The first kappa shape index (κ1) is 19.7. The maximum Gasteiger partial charge on any atom is 0.264 e. The summed E-state index contributed by atoms with van der Waals surface area (Å²) in [5.41, 5.74) is 0.998. The molecule has 2 aliphatic rings. The topological polar surface area (TPSA) is 56.8 Å². The van der Waals surface area contributed by atoms with Crippen LogP contribution in [0.2, 0.25) is 0 Å². The maximum absolute atomic E-state index is 13.0. The molecule has 5 rings (SSSR count). The third-order valence-electron chi connectivity index (χ3n) is 5.80. The van der Waals surface area contributed by atoms with Crippen molar-refractivity contribution in [2.75, 3.05) is 45.8 Å². The van der Waals surface area contributed by atoms with E-state index in [4.69, 9.17) is 4.98 Å². The smallest absolute Gasteiger partial charge is 0.264 e. The van der Waals surface area contributed by atoms with E-state index in [1.165, 1.54) is 11.3 Å². The molecule has 1 aromatic carbocycles. The van der Waals surface area contributed by atoms with Crippen LogP contribution in [0.1, 0.15) is 22.5 Å². The Bertz CT molecular complexity index is 1030. The van der Waals surface area contributed by atoms with Gasteiger partial charge in [0.1, 0.15) is 5.01 Å². The molecule has 30 heavy (non-hydrogen) atoms. The lowest BCUT2D eigenvalue weighted by molar-refractivity contribution is -0.131. The van der Waals surface area contributed by atoms with Gasteiger partial charge < -0.3 is 9.80 Å². The minimum absolute atomic E-state index is 0.0814. The summed E-state index contributed by atoms with van der Waals surface area (Å²) in [6, 6.07) is 12.0. The van der Waals surface area contributed by atoms with E-state index in [2.05, 4.69) is 11.0 Å². The standard InChI is InChI=1S/C22H24N4O2S2/c27-20(25-9-3-4-10-25)15-24-11-13-26(14-12-24)22(28)19-8-7-18(29-19)21-23-16-5-1-2-6-17(16)30-21/h1-2,5-8H,3-4,9-15H2. The highest BCUT2D eigenvalue weighted by atomic mass is 32.1. The molecular weight excluding hydrogens is 416 g/mol. The molecule has 6 nitrogen and oxygen atoms in total. The number of aromatic nitrogens is 1. The first-order chi connectivity index (χ1) is 14.7. The van der Waals surface area contributed by atoms with Crippen molar-refractivity contribution in [3.63, 3.8) is 0 Å². The van der Waals surface area contributed by atoms with E-state index in [1.54, 1.807) is 11.3 Å². The quantitative estimate of drug-likeness (QED) is 0.624. The molecule has 2 aliphatic heterocycles.